The molecule has 1 fully saturated rings. The molecule has 2 rings (SSSR count). The summed E-state index contributed by atoms with van der Waals surface area (Å²) in [5.41, 5.74) is -0.575. The van der Waals surface area contributed by atoms with Crippen LogP contribution < -0.4 is 0 Å². The molecule has 23 heavy (non-hydrogen) atoms. The summed E-state index contributed by atoms with van der Waals surface area (Å²) in [6, 6.07) is 0. The molecule has 1 saturated carbocycles. The van der Waals surface area contributed by atoms with E-state index in [0.29, 0.717) is 0 Å². The Morgan fingerprint density at radius 3 is 2.00 bits per heavy atom. The third kappa shape index (κ3) is 6.36. The maximum atomic E-state index is 5.31. The van der Waals surface area contributed by atoms with Crippen LogP contribution in [0.25, 0.3) is 0 Å². The Morgan fingerprint density at radius 2 is 1.48 bits per heavy atom. The zero-order chi connectivity index (χ0) is 16.5. The van der Waals surface area contributed by atoms with Gasteiger partial charge in [0.15, 0.2) is 0 Å². The molecule has 0 aromatic heterocycles. The summed E-state index contributed by atoms with van der Waals surface area (Å²) < 4.78 is 10.6. The van der Waals surface area contributed by atoms with Gasteiger partial charge in [0.25, 0.3) is 0 Å². The molecule has 131 valence electrons. The van der Waals surface area contributed by atoms with E-state index in [-0.39, 0.29) is 0 Å². The summed E-state index contributed by atoms with van der Waals surface area (Å²) in [6.07, 6.45) is 21.2. The van der Waals surface area contributed by atoms with E-state index in [1.807, 2.05) is 0 Å². The highest BCUT2D eigenvalue weighted by molar-refractivity contribution is 6.13. The Morgan fingerprint density at radius 1 is 0.870 bits per heavy atom. The average Bonchev–Trinajstić information content (AvgIpc) is 3.19. The molecule has 0 aromatic carbocycles. The highest BCUT2D eigenvalue weighted by atomic mass is 28.1. The first kappa shape index (κ1) is 19.2. The number of ether oxygens (including phenoxy) is 2. The van der Waals surface area contributed by atoms with Crippen LogP contribution in [0.3, 0.4) is 0 Å². The van der Waals surface area contributed by atoms with Crippen LogP contribution in [0.15, 0.2) is 12.2 Å². The van der Waals surface area contributed by atoms with Crippen LogP contribution in [0.2, 0.25) is 0 Å². The monoisotopic (exact) mass is 335 g/mol. The number of hydrogen-bond donors (Lipinski definition) is 0. The van der Waals surface area contributed by atoms with Gasteiger partial charge < -0.3 is 9.47 Å². The Balaban J connectivity index is 1.35. The van der Waals surface area contributed by atoms with Crippen molar-refractivity contribution in [1.82, 2.24) is 0 Å². The molecule has 2 aliphatic carbocycles. The molecule has 0 heterocycles. The molecule has 0 spiro atoms. The van der Waals surface area contributed by atoms with E-state index in [4.69, 9.17) is 9.47 Å². The fraction of sp³-hybridized carbons (Fsp3) is 0.900. The third-order valence-electron chi connectivity index (χ3n) is 5.91. The van der Waals surface area contributed by atoms with Crippen LogP contribution in [0.1, 0.15) is 77.0 Å². The van der Waals surface area contributed by atoms with Crippen molar-refractivity contribution in [2.24, 2.45) is 17.8 Å². The van der Waals surface area contributed by atoms with Gasteiger partial charge in [0.2, 0.25) is 0 Å². The van der Waals surface area contributed by atoms with Crippen LogP contribution in [0.4, 0.5) is 0 Å². The van der Waals surface area contributed by atoms with Gasteiger partial charge >= 0.3 is 0 Å². The summed E-state index contributed by atoms with van der Waals surface area (Å²) in [5, 5.41) is 0. The second-order valence-electron chi connectivity index (χ2n) is 7.57. The van der Waals surface area contributed by atoms with Gasteiger partial charge in [0, 0.05) is 14.2 Å². The van der Waals surface area contributed by atoms with E-state index in [1.165, 1.54) is 64.2 Å². The summed E-state index contributed by atoms with van der Waals surface area (Å²) in [7, 11) is 6.91. The first-order valence-corrected chi connectivity index (χ1v) is 10.2. The number of hydrogen-bond acceptors (Lipinski definition) is 2. The number of methoxy groups -OCH3 is 2. The SMILES string of the molecule is COC([Si])(CCCCCCCCCCC1CC2C=CC1C2)OC. The highest BCUT2D eigenvalue weighted by Gasteiger charge is 2.34. The first-order valence-electron chi connectivity index (χ1n) is 9.70. The summed E-state index contributed by atoms with van der Waals surface area (Å²) in [6.45, 7) is 0. The van der Waals surface area contributed by atoms with E-state index in [9.17, 15) is 0 Å². The van der Waals surface area contributed by atoms with Crippen molar-refractivity contribution in [2.45, 2.75) is 82.5 Å². The molecule has 3 atom stereocenters. The first-order chi connectivity index (χ1) is 11.2. The second-order valence-corrected chi connectivity index (χ2v) is 8.33. The fourth-order valence-corrected chi connectivity index (χ4v) is 4.52. The molecular weight excluding hydrogens is 300 g/mol. The molecule has 3 heteroatoms. The average molecular weight is 336 g/mol. The highest BCUT2D eigenvalue weighted by Crippen LogP contribution is 2.45. The lowest BCUT2D eigenvalue weighted by molar-refractivity contribution is -0.146. The normalized spacial score (nSPS) is 26.3. The summed E-state index contributed by atoms with van der Waals surface area (Å²) >= 11 is 0. The number of fused-ring (bicyclic) bond motifs is 2. The van der Waals surface area contributed by atoms with Crippen molar-refractivity contribution >= 4 is 10.2 Å². The van der Waals surface area contributed by atoms with Crippen molar-refractivity contribution in [3.05, 3.63) is 12.2 Å². The minimum absolute atomic E-state index is 0.575. The molecule has 0 saturated heterocycles. The number of unbranched alkanes of at least 4 members (excludes halogenated alkanes) is 7. The van der Waals surface area contributed by atoms with Gasteiger partial charge in [-0.1, -0.05) is 57.1 Å². The smallest absolute Gasteiger partial charge is 0.143 e. The summed E-state index contributed by atoms with van der Waals surface area (Å²) in [4.78, 5) is 0. The topological polar surface area (TPSA) is 18.5 Å². The van der Waals surface area contributed by atoms with Crippen LogP contribution in [-0.4, -0.2) is 29.9 Å². The van der Waals surface area contributed by atoms with Gasteiger partial charge in [-0.15, -0.1) is 0 Å². The molecule has 0 aromatic rings. The van der Waals surface area contributed by atoms with E-state index in [2.05, 4.69) is 22.4 Å². The zero-order valence-electron chi connectivity index (χ0n) is 15.2. The Bertz CT molecular complexity index is 352. The molecule has 2 nitrogen and oxygen atoms in total. The van der Waals surface area contributed by atoms with Crippen LogP contribution >= 0.6 is 0 Å². The van der Waals surface area contributed by atoms with Crippen LogP contribution in [0, 0.1) is 17.8 Å². The van der Waals surface area contributed by atoms with Gasteiger partial charge in [-0.25, -0.2) is 0 Å². The number of allylic oxidation sites excluding steroid dienone is 2. The largest absolute Gasteiger partial charge is 0.358 e. The molecule has 0 amide bonds. The molecule has 0 aliphatic heterocycles. The number of rotatable bonds is 13. The van der Waals surface area contributed by atoms with Crippen molar-refractivity contribution < 1.29 is 9.47 Å². The molecule has 3 unspecified atom stereocenters. The second kappa shape index (κ2) is 10.0. The van der Waals surface area contributed by atoms with Gasteiger partial charge in [-0.05, 0) is 49.9 Å². The van der Waals surface area contributed by atoms with E-state index in [0.717, 1.165) is 30.6 Å². The molecule has 2 aliphatic rings. The van der Waals surface area contributed by atoms with Crippen LogP contribution in [-0.2, 0) is 9.47 Å². The van der Waals surface area contributed by atoms with Gasteiger partial charge in [0.05, 0.1) is 0 Å². The lowest BCUT2D eigenvalue weighted by Crippen LogP contribution is -2.33. The maximum absolute atomic E-state index is 5.31. The fourth-order valence-electron chi connectivity index (χ4n) is 4.34. The minimum Gasteiger partial charge on any atom is -0.358 e. The third-order valence-corrected chi connectivity index (χ3v) is 6.56. The van der Waals surface area contributed by atoms with Crippen molar-refractivity contribution in [3.8, 4) is 0 Å². The van der Waals surface area contributed by atoms with E-state index >= 15 is 0 Å². The molecule has 0 N–H and O–H groups in total. The van der Waals surface area contributed by atoms with Gasteiger partial charge in [-0.3, -0.25) is 0 Å². The van der Waals surface area contributed by atoms with Gasteiger partial charge in [0.1, 0.15) is 15.7 Å². The Kier molecular flexibility index (Phi) is 8.35. The zero-order valence-corrected chi connectivity index (χ0v) is 16.2. The lowest BCUT2D eigenvalue weighted by Gasteiger charge is -2.26. The molecule has 3 radical (unpaired) electrons. The van der Waals surface area contributed by atoms with E-state index in [1.54, 1.807) is 14.2 Å². The Hall–Kier alpha value is -0.123. The van der Waals surface area contributed by atoms with Crippen molar-refractivity contribution in [1.29, 1.82) is 0 Å². The predicted octanol–water partition coefficient (Wildman–Crippen LogP) is 5.21. The predicted molar refractivity (Wildman–Crippen MR) is 97.5 cm³/mol. The van der Waals surface area contributed by atoms with E-state index < -0.39 is 5.41 Å². The maximum Gasteiger partial charge on any atom is 0.143 e. The Labute approximate surface area is 146 Å². The van der Waals surface area contributed by atoms with Crippen LogP contribution in [0.5, 0.6) is 0 Å². The standard InChI is InChI=1S/C20H35O2Si/c1-21-20(23,22-2)14-10-8-6-4-3-5-7-9-11-18-15-17-12-13-19(18)16-17/h12-13,17-19H,3-11,14-16H2,1-2H3. The lowest BCUT2D eigenvalue weighted by atomic mass is 9.88. The molecular formula is C20H35O2Si. The van der Waals surface area contributed by atoms with Gasteiger partial charge in [-0.2, -0.15) is 0 Å². The molecule has 2 bridgehead atoms. The summed E-state index contributed by atoms with van der Waals surface area (Å²) in [5.74, 6) is 2.91. The van der Waals surface area contributed by atoms with Crippen molar-refractivity contribution in [3.63, 3.8) is 0 Å². The quantitative estimate of drug-likeness (QED) is 0.199. The van der Waals surface area contributed by atoms with Crippen molar-refractivity contribution in [2.75, 3.05) is 14.2 Å². The minimum atomic E-state index is -0.575.